The molecule has 2 unspecified atom stereocenters. The maximum absolute atomic E-state index is 14.0. The Bertz CT molecular complexity index is 1430. The molecule has 0 bridgehead atoms. The zero-order chi connectivity index (χ0) is 30.3. The van der Waals surface area contributed by atoms with E-state index < -0.39 is 16.8 Å². The first-order valence-corrected chi connectivity index (χ1v) is 14.5. The van der Waals surface area contributed by atoms with E-state index in [4.69, 9.17) is 4.74 Å². The number of nitrogens with zero attached hydrogens (tertiary/aromatic N) is 4. The lowest BCUT2D eigenvalue weighted by Crippen LogP contribution is -2.48. The van der Waals surface area contributed by atoms with E-state index in [1.165, 1.54) is 36.4 Å². The Morgan fingerprint density at radius 3 is 2.49 bits per heavy atom. The molecule has 0 saturated carbocycles. The van der Waals surface area contributed by atoms with Gasteiger partial charge in [-0.15, -0.1) is 0 Å². The summed E-state index contributed by atoms with van der Waals surface area (Å²) < 4.78 is 19.1. The number of amides is 2. The van der Waals surface area contributed by atoms with Crippen LogP contribution in [0.1, 0.15) is 34.3 Å². The van der Waals surface area contributed by atoms with Gasteiger partial charge in [0.25, 0.3) is 11.6 Å². The number of benzene rings is 3. The lowest BCUT2D eigenvalue weighted by atomic mass is 10.1. The molecule has 2 atom stereocenters. The van der Waals surface area contributed by atoms with Crippen LogP contribution >= 0.6 is 0 Å². The average Bonchev–Trinajstić information content (AvgIpc) is 3.28. The first-order chi connectivity index (χ1) is 20.8. The highest BCUT2D eigenvalue weighted by Crippen LogP contribution is 2.29. The van der Waals surface area contributed by atoms with Gasteiger partial charge in [-0.3, -0.25) is 24.6 Å². The normalized spacial score (nSPS) is 18.9. The van der Waals surface area contributed by atoms with Crippen molar-refractivity contribution in [2.45, 2.75) is 38.0 Å². The molecule has 2 heterocycles. The summed E-state index contributed by atoms with van der Waals surface area (Å²) >= 11 is 0. The molecule has 10 nitrogen and oxygen atoms in total. The van der Waals surface area contributed by atoms with Gasteiger partial charge in [-0.25, -0.2) is 4.39 Å². The molecule has 1 N–H and O–H groups in total. The molecule has 0 radical (unpaired) electrons. The van der Waals surface area contributed by atoms with Crippen LogP contribution in [0.25, 0.3) is 0 Å². The van der Waals surface area contributed by atoms with Gasteiger partial charge >= 0.3 is 0 Å². The molecular weight excluding hydrogens is 553 g/mol. The summed E-state index contributed by atoms with van der Waals surface area (Å²) in [6.07, 6.45) is 1.25. The van der Waals surface area contributed by atoms with Crippen LogP contribution in [0.5, 0.6) is 5.75 Å². The Hall–Kier alpha value is -4.35. The Morgan fingerprint density at radius 2 is 1.77 bits per heavy atom. The molecule has 2 aliphatic heterocycles. The lowest BCUT2D eigenvalue weighted by molar-refractivity contribution is -0.384. The molecule has 0 aromatic heterocycles. The van der Waals surface area contributed by atoms with Gasteiger partial charge < -0.3 is 19.9 Å². The molecular formula is C32H36FN5O5. The summed E-state index contributed by atoms with van der Waals surface area (Å²) in [4.78, 5) is 44.2. The fourth-order valence-electron chi connectivity index (χ4n) is 5.85. The quantitative estimate of drug-likeness (QED) is 0.298. The van der Waals surface area contributed by atoms with Gasteiger partial charge in [0, 0.05) is 63.0 Å². The molecule has 2 saturated heterocycles. The zero-order valence-corrected chi connectivity index (χ0v) is 24.2. The van der Waals surface area contributed by atoms with Crippen molar-refractivity contribution in [3.8, 4) is 5.75 Å². The summed E-state index contributed by atoms with van der Waals surface area (Å²) in [6, 6.07) is 18.7. The number of carbonyl (C=O) groups excluding carboxylic acids is 2. The number of halogens is 1. The first kappa shape index (κ1) is 30.1. The fraction of sp³-hybridized carbons (Fsp3) is 0.375. The van der Waals surface area contributed by atoms with Gasteiger partial charge in [0.1, 0.15) is 17.6 Å². The number of nitrogens with one attached hydrogen (secondary N) is 1. The predicted octanol–water partition coefficient (Wildman–Crippen LogP) is 3.85. The smallest absolute Gasteiger partial charge is 0.269 e. The van der Waals surface area contributed by atoms with Crippen LogP contribution in [0.3, 0.4) is 0 Å². The molecule has 3 aromatic rings. The Kier molecular flexibility index (Phi) is 9.63. The number of nitro groups is 1. The van der Waals surface area contributed by atoms with Gasteiger partial charge in [-0.1, -0.05) is 24.3 Å². The molecule has 43 heavy (non-hydrogen) atoms. The molecule has 5 rings (SSSR count). The van der Waals surface area contributed by atoms with E-state index in [2.05, 4.69) is 10.2 Å². The third-order valence-corrected chi connectivity index (χ3v) is 8.14. The first-order valence-electron chi connectivity index (χ1n) is 14.5. The summed E-state index contributed by atoms with van der Waals surface area (Å²) in [5.74, 6) is -0.118. The van der Waals surface area contributed by atoms with Crippen molar-refractivity contribution in [2.24, 2.45) is 0 Å². The second kappa shape index (κ2) is 13.7. The fourth-order valence-corrected chi connectivity index (χ4v) is 5.85. The molecule has 2 fully saturated rings. The number of methoxy groups -OCH3 is 1. The molecule has 0 spiro atoms. The monoisotopic (exact) mass is 589 g/mol. The van der Waals surface area contributed by atoms with Crippen LogP contribution in [0.4, 0.5) is 10.1 Å². The molecule has 2 aliphatic rings. The lowest BCUT2D eigenvalue weighted by Gasteiger charge is -2.29. The van der Waals surface area contributed by atoms with Crippen LogP contribution in [0, 0.1) is 15.9 Å². The number of carbonyl (C=O) groups is 2. The molecule has 3 aromatic carbocycles. The van der Waals surface area contributed by atoms with E-state index in [1.807, 2.05) is 29.2 Å². The summed E-state index contributed by atoms with van der Waals surface area (Å²) in [7, 11) is 1.61. The number of likely N-dealkylation sites (tertiary alicyclic amines) is 1. The topological polar surface area (TPSA) is 108 Å². The van der Waals surface area contributed by atoms with Crippen LogP contribution in [0.15, 0.2) is 72.8 Å². The van der Waals surface area contributed by atoms with E-state index in [1.54, 1.807) is 24.1 Å². The third-order valence-electron chi connectivity index (χ3n) is 8.14. The average molecular weight is 590 g/mol. The van der Waals surface area contributed by atoms with Crippen molar-refractivity contribution in [2.75, 3.05) is 39.8 Å². The summed E-state index contributed by atoms with van der Waals surface area (Å²) in [5, 5.41) is 14.5. The van der Waals surface area contributed by atoms with Crippen LogP contribution in [-0.4, -0.2) is 83.4 Å². The maximum Gasteiger partial charge on any atom is 0.269 e. The molecule has 0 aliphatic carbocycles. The van der Waals surface area contributed by atoms with Crippen molar-refractivity contribution >= 4 is 17.5 Å². The van der Waals surface area contributed by atoms with Gasteiger partial charge in [0.15, 0.2) is 0 Å². The largest absolute Gasteiger partial charge is 0.497 e. The standard InChI is InChI=1S/C32H36FN5O5/c1-43-29-5-2-4-24(18-29)21-36(20-23-6-12-27(13-7-23)38(41)42)28-19-30(32(40)35-16-3-14-34-15-17-35)37(22-28)31(39)25-8-10-26(33)11-9-25/h2,4-13,18,28,30,34H,3,14-17,19-22H2,1H3. The van der Waals surface area contributed by atoms with Crippen LogP contribution in [0.2, 0.25) is 0 Å². The molecule has 226 valence electrons. The maximum atomic E-state index is 14.0. The van der Waals surface area contributed by atoms with Gasteiger partial charge in [-0.2, -0.15) is 0 Å². The number of nitro benzene ring substituents is 1. The van der Waals surface area contributed by atoms with Crippen molar-refractivity contribution < 1.29 is 23.6 Å². The third kappa shape index (κ3) is 7.36. The van der Waals surface area contributed by atoms with E-state index in [-0.39, 0.29) is 23.5 Å². The van der Waals surface area contributed by atoms with Crippen LogP contribution in [-0.2, 0) is 17.9 Å². The second-order valence-electron chi connectivity index (χ2n) is 11.0. The zero-order valence-electron chi connectivity index (χ0n) is 24.2. The van der Waals surface area contributed by atoms with Crippen LogP contribution < -0.4 is 10.1 Å². The van der Waals surface area contributed by atoms with Crippen molar-refractivity contribution in [3.05, 3.63) is 105 Å². The van der Waals surface area contributed by atoms with Crippen molar-refractivity contribution in [1.29, 1.82) is 0 Å². The number of non-ortho nitro benzene ring substituents is 1. The van der Waals surface area contributed by atoms with E-state index in [0.717, 1.165) is 29.8 Å². The second-order valence-corrected chi connectivity index (χ2v) is 11.0. The van der Waals surface area contributed by atoms with Crippen molar-refractivity contribution in [3.63, 3.8) is 0 Å². The van der Waals surface area contributed by atoms with E-state index in [0.29, 0.717) is 51.3 Å². The van der Waals surface area contributed by atoms with Crippen molar-refractivity contribution in [1.82, 2.24) is 20.0 Å². The van der Waals surface area contributed by atoms with Gasteiger partial charge in [0.2, 0.25) is 5.91 Å². The summed E-state index contributed by atoms with van der Waals surface area (Å²) in [5.41, 5.74) is 2.20. The molecule has 11 heteroatoms. The molecule has 2 amide bonds. The number of hydrogen-bond donors (Lipinski definition) is 1. The summed E-state index contributed by atoms with van der Waals surface area (Å²) in [6.45, 7) is 3.96. The van der Waals surface area contributed by atoms with Gasteiger partial charge in [0.05, 0.1) is 12.0 Å². The highest BCUT2D eigenvalue weighted by Gasteiger charge is 2.43. The number of rotatable bonds is 9. The minimum absolute atomic E-state index is 0.0117. The number of ether oxygens (including phenoxy) is 1. The Labute approximate surface area is 250 Å². The van der Waals surface area contributed by atoms with E-state index >= 15 is 0 Å². The SMILES string of the molecule is COc1cccc(CN(Cc2ccc([N+](=O)[O-])cc2)C2CC(C(=O)N3CCCNCC3)N(C(=O)c3ccc(F)cc3)C2)c1. The highest BCUT2D eigenvalue weighted by molar-refractivity contribution is 5.98. The van der Waals surface area contributed by atoms with E-state index in [9.17, 15) is 24.1 Å². The van der Waals surface area contributed by atoms with Gasteiger partial charge in [-0.05, 0) is 66.9 Å². The number of hydrogen-bond acceptors (Lipinski definition) is 7. The minimum Gasteiger partial charge on any atom is -0.497 e. The minimum atomic E-state index is -0.676. The Balaban J connectivity index is 1.46. The Morgan fingerprint density at radius 1 is 1.02 bits per heavy atom. The predicted molar refractivity (Wildman–Crippen MR) is 159 cm³/mol. The highest BCUT2D eigenvalue weighted by atomic mass is 19.1.